The lowest BCUT2D eigenvalue weighted by atomic mass is 10.2. The molecule has 3 heteroatoms. The first-order valence-corrected chi connectivity index (χ1v) is 6.63. The third-order valence-electron chi connectivity index (χ3n) is 3.50. The van der Waals surface area contributed by atoms with E-state index in [1.54, 1.807) is 7.11 Å². The fraction of sp³-hybridized carbons (Fsp3) is 0.467. The zero-order valence-corrected chi connectivity index (χ0v) is 10.7. The van der Waals surface area contributed by atoms with Gasteiger partial charge in [0.05, 0.1) is 13.7 Å². The van der Waals surface area contributed by atoms with Crippen LogP contribution in [0, 0.1) is 5.92 Å². The summed E-state index contributed by atoms with van der Waals surface area (Å²) in [5.41, 5.74) is 0.846. The average Bonchev–Trinajstić information content (AvgIpc) is 3.12. The first kappa shape index (κ1) is 11.6. The topological polar surface area (TPSA) is 34.4 Å². The van der Waals surface area contributed by atoms with Gasteiger partial charge >= 0.3 is 0 Å². The van der Waals surface area contributed by atoms with Gasteiger partial charge in [0.25, 0.3) is 0 Å². The quantitative estimate of drug-likeness (QED) is 0.793. The highest BCUT2D eigenvalue weighted by atomic mass is 16.5. The summed E-state index contributed by atoms with van der Waals surface area (Å²) in [7, 11) is 1.67. The molecule has 1 saturated carbocycles. The number of benzene rings is 1. The van der Waals surface area contributed by atoms with Crippen molar-refractivity contribution in [1.82, 2.24) is 5.32 Å². The minimum atomic E-state index is 0.796. The van der Waals surface area contributed by atoms with Crippen molar-refractivity contribution in [1.29, 1.82) is 0 Å². The molecule has 0 atom stereocenters. The molecule has 0 amide bonds. The number of para-hydroxylation sites is 1. The van der Waals surface area contributed by atoms with Gasteiger partial charge in [0.15, 0.2) is 11.3 Å². The summed E-state index contributed by atoms with van der Waals surface area (Å²) in [6.45, 7) is 1.88. The van der Waals surface area contributed by atoms with E-state index in [0.717, 1.165) is 41.5 Å². The van der Waals surface area contributed by atoms with Crippen LogP contribution in [0.3, 0.4) is 0 Å². The predicted molar refractivity (Wildman–Crippen MR) is 71.8 cm³/mol. The lowest BCUT2D eigenvalue weighted by molar-refractivity contribution is 0.406. The van der Waals surface area contributed by atoms with Crippen LogP contribution in [-0.4, -0.2) is 13.7 Å². The van der Waals surface area contributed by atoms with E-state index in [0.29, 0.717) is 0 Å². The Morgan fingerprint density at radius 1 is 1.39 bits per heavy atom. The Balaban J connectivity index is 1.64. The lowest BCUT2D eigenvalue weighted by Gasteiger charge is -2.01. The van der Waals surface area contributed by atoms with Gasteiger partial charge in [0, 0.05) is 5.39 Å². The highest BCUT2D eigenvalue weighted by Crippen LogP contribution is 2.32. The molecule has 0 unspecified atom stereocenters. The van der Waals surface area contributed by atoms with Crippen molar-refractivity contribution in [3.8, 4) is 5.75 Å². The third-order valence-corrected chi connectivity index (χ3v) is 3.50. The molecule has 1 fully saturated rings. The number of hydrogen-bond acceptors (Lipinski definition) is 3. The van der Waals surface area contributed by atoms with E-state index in [9.17, 15) is 0 Å². The van der Waals surface area contributed by atoms with E-state index < -0.39 is 0 Å². The van der Waals surface area contributed by atoms with Gasteiger partial charge in [-0.3, -0.25) is 0 Å². The fourth-order valence-electron chi connectivity index (χ4n) is 2.26. The average molecular weight is 245 g/mol. The van der Waals surface area contributed by atoms with Crippen LogP contribution in [0.25, 0.3) is 11.0 Å². The Bertz CT molecular complexity index is 528. The molecule has 1 N–H and O–H groups in total. The Labute approximate surface area is 107 Å². The van der Waals surface area contributed by atoms with Crippen molar-refractivity contribution in [2.75, 3.05) is 13.7 Å². The highest BCUT2D eigenvalue weighted by Gasteiger charge is 2.20. The van der Waals surface area contributed by atoms with Gasteiger partial charge in [-0.15, -0.1) is 0 Å². The Morgan fingerprint density at radius 3 is 3.06 bits per heavy atom. The first-order chi connectivity index (χ1) is 8.86. The second-order valence-corrected chi connectivity index (χ2v) is 5.00. The van der Waals surface area contributed by atoms with Crippen LogP contribution in [0.2, 0.25) is 0 Å². The van der Waals surface area contributed by atoms with Crippen molar-refractivity contribution < 1.29 is 9.15 Å². The molecule has 1 aromatic carbocycles. The Hall–Kier alpha value is -1.48. The van der Waals surface area contributed by atoms with Crippen LogP contribution in [0.1, 0.15) is 25.0 Å². The molecule has 96 valence electrons. The monoisotopic (exact) mass is 245 g/mol. The first-order valence-electron chi connectivity index (χ1n) is 6.63. The van der Waals surface area contributed by atoms with Crippen LogP contribution in [-0.2, 0) is 6.54 Å². The van der Waals surface area contributed by atoms with Gasteiger partial charge in [0.1, 0.15) is 5.76 Å². The minimum Gasteiger partial charge on any atom is -0.493 e. The largest absolute Gasteiger partial charge is 0.493 e. The summed E-state index contributed by atoms with van der Waals surface area (Å²) in [6.07, 6.45) is 4.14. The van der Waals surface area contributed by atoms with Crippen LogP contribution in [0.15, 0.2) is 28.7 Å². The molecule has 3 nitrogen and oxygen atoms in total. The van der Waals surface area contributed by atoms with Crippen molar-refractivity contribution in [3.63, 3.8) is 0 Å². The summed E-state index contributed by atoms with van der Waals surface area (Å²) in [4.78, 5) is 0. The molecular weight excluding hydrogens is 226 g/mol. The highest BCUT2D eigenvalue weighted by molar-refractivity contribution is 5.83. The standard InChI is InChI=1S/C15H19NO2/c1-17-14-4-2-3-12-9-13(18-15(12)14)10-16-8-7-11-5-6-11/h2-4,9,11,16H,5-8,10H2,1H3. The van der Waals surface area contributed by atoms with Gasteiger partial charge in [-0.1, -0.05) is 25.0 Å². The maximum Gasteiger partial charge on any atom is 0.176 e. The second kappa shape index (κ2) is 5.02. The molecule has 0 spiro atoms. The molecule has 0 aliphatic heterocycles. The summed E-state index contributed by atoms with van der Waals surface area (Å²) in [6, 6.07) is 8.05. The number of ether oxygens (including phenoxy) is 1. The molecule has 0 saturated heterocycles. The molecule has 1 aliphatic rings. The van der Waals surface area contributed by atoms with Gasteiger partial charge in [0.2, 0.25) is 0 Å². The maximum atomic E-state index is 5.83. The molecule has 1 aliphatic carbocycles. The number of rotatable bonds is 6. The number of fused-ring (bicyclic) bond motifs is 1. The molecule has 0 bridgehead atoms. The SMILES string of the molecule is COc1cccc2cc(CNCCC3CC3)oc12. The van der Waals surface area contributed by atoms with Crippen LogP contribution in [0.5, 0.6) is 5.75 Å². The van der Waals surface area contributed by atoms with Crippen molar-refractivity contribution in [2.24, 2.45) is 5.92 Å². The maximum absolute atomic E-state index is 5.83. The normalized spacial score (nSPS) is 15.2. The molecule has 0 radical (unpaired) electrons. The summed E-state index contributed by atoms with van der Waals surface area (Å²) in [5.74, 6) is 2.76. The van der Waals surface area contributed by atoms with Crippen LogP contribution in [0.4, 0.5) is 0 Å². The predicted octanol–water partition coefficient (Wildman–Crippen LogP) is 3.33. The van der Waals surface area contributed by atoms with Crippen molar-refractivity contribution in [3.05, 3.63) is 30.0 Å². The smallest absolute Gasteiger partial charge is 0.176 e. The van der Waals surface area contributed by atoms with E-state index in [-0.39, 0.29) is 0 Å². The molecule has 18 heavy (non-hydrogen) atoms. The Morgan fingerprint density at radius 2 is 2.28 bits per heavy atom. The van der Waals surface area contributed by atoms with Gasteiger partial charge in [-0.25, -0.2) is 0 Å². The van der Waals surface area contributed by atoms with Gasteiger partial charge in [-0.2, -0.15) is 0 Å². The third kappa shape index (κ3) is 2.51. The Kier molecular flexibility index (Phi) is 3.24. The van der Waals surface area contributed by atoms with Gasteiger partial charge < -0.3 is 14.5 Å². The zero-order chi connectivity index (χ0) is 12.4. The van der Waals surface area contributed by atoms with Crippen LogP contribution >= 0.6 is 0 Å². The summed E-state index contributed by atoms with van der Waals surface area (Å²) in [5, 5.41) is 4.54. The van der Waals surface area contributed by atoms with E-state index in [1.165, 1.54) is 19.3 Å². The number of nitrogens with one attached hydrogen (secondary N) is 1. The molecule has 3 rings (SSSR count). The summed E-state index contributed by atoms with van der Waals surface area (Å²) < 4.78 is 11.1. The molecule has 1 aromatic heterocycles. The molecule has 2 aromatic rings. The van der Waals surface area contributed by atoms with E-state index in [4.69, 9.17) is 9.15 Å². The van der Waals surface area contributed by atoms with E-state index in [1.807, 2.05) is 12.1 Å². The number of methoxy groups -OCH3 is 1. The van der Waals surface area contributed by atoms with Crippen molar-refractivity contribution in [2.45, 2.75) is 25.8 Å². The van der Waals surface area contributed by atoms with E-state index >= 15 is 0 Å². The molecular formula is C15H19NO2. The number of furan rings is 1. The zero-order valence-electron chi connectivity index (χ0n) is 10.7. The van der Waals surface area contributed by atoms with Gasteiger partial charge in [-0.05, 0) is 31.0 Å². The molecule has 1 heterocycles. The summed E-state index contributed by atoms with van der Waals surface area (Å²) >= 11 is 0. The number of hydrogen-bond donors (Lipinski definition) is 1. The fourth-order valence-corrected chi connectivity index (χ4v) is 2.26. The van der Waals surface area contributed by atoms with E-state index in [2.05, 4.69) is 17.4 Å². The lowest BCUT2D eigenvalue weighted by Crippen LogP contribution is -2.14. The second-order valence-electron chi connectivity index (χ2n) is 5.00. The van der Waals surface area contributed by atoms with Crippen LogP contribution < -0.4 is 10.1 Å². The minimum absolute atomic E-state index is 0.796. The van der Waals surface area contributed by atoms with Crippen molar-refractivity contribution >= 4 is 11.0 Å².